The van der Waals surface area contributed by atoms with E-state index in [-0.39, 0.29) is 5.92 Å². The van der Waals surface area contributed by atoms with Gasteiger partial charge in [-0.05, 0) is 6.42 Å². The van der Waals surface area contributed by atoms with E-state index < -0.39 is 0 Å². The van der Waals surface area contributed by atoms with Crippen LogP contribution in [-0.4, -0.2) is 20.8 Å². The number of rotatable bonds is 6. The molecular formula is C13H17ClN2O2. The number of hydrogen-bond donors (Lipinski definition) is 1. The lowest BCUT2D eigenvalue weighted by Crippen LogP contribution is -2.12. The molecular weight excluding hydrogens is 252 g/mol. The second kappa shape index (κ2) is 6.97. The Labute approximate surface area is 112 Å². The number of nitriles is 1. The third kappa shape index (κ3) is 3.44. The van der Waals surface area contributed by atoms with Crippen molar-refractivity contribution in [1.29, 1.82) is 5.26 Å². The lowest BCUT2D eigenvalue weighted by Gasteiger charge is -2.15. The Bertz CT molecular complexity index is 443. The number of methoxy groups -OCH3 is 2. The van der Waals surface area contributed by atoms with E-state index >= 15 is 0 Å². The van der Waals surface area contributed by atoms with Crippen molar-refractivity contribution >= 4 is 17.3 Å². The topological polar surface area (TPSA) is 54.3 Å². The van der Waals surface area contributed by atoms with E-state index in [0.717, 1.165) is 12.1 Å². The van der Waals surface area contributed by atoms with Crippen LogP contribution in [0.5, 0.6) is 11.5 Å². The average Bonchev–Trinajstić information content (AvgIpc) is 2.40. The largest absolute Gasteiger partial charge is 0.495 e. The first kappa shape index (κ1) is 14.5. The first-order chi connectivity index (χ1) is 8.65. The Morgan fingerprint density at radius 1 is 1.33 bits per heavy atom. The van der Waals surface area contributed by atoms with Gasteiger partial charge in [0.2, 0.25) is 0 Å². The maximum atomic E-state index is 8.91. The van der Waals surface area contributed by atoms with Crippen LogP contribution in [0.2, 0.25) is 5.02 Å². The van der Waals surface area contributed by atoms with Gasteiger partial charge in [-0.1, -0.05) is 18.5 Å². The van der Waals surface area contributed by atoms with E-state index in [0.29, 0.717) is 23.1 Å². The molecule has 0 bridgehead atoms. The highest BCUT2D eigenvalue weighted by molar-refractivity contribution is 6.32. The second-order valence-corrected chi connectivity index (χ2v) is 4.21. The summed E-state index contributed by atoms with van der Waals surface area (Å²) in [5, 5.41) is 12.6. The Morgan fingerprint density at radius 2 is 2.00 bits per heavy atom. The molecule has 0 aliphatic rings. The molecule has 1 aromatic rings. The number of halogens is 1. The zero-order chi connectivity index (χ0) is 13.5. The first-order valence-electron chi connectivity index (χ1n) is 5.71. The summed E-state index contributed by atoms with van der Waals surface area (Å²) in [6, 6.07) is 5.70. The fourth-order valence-corrected chi connectivity index (χ4v) is 1.74. The van der Waals surface area contributed by atoms with Crippen molar-refractivity contribution in [3.05, 3.63) is 17.2 Å². The lowest BCUT2D eigenvalue weighted by molar-refractivity contribution is 0.404. The summed E-state index contributed by atoms with van der Waals surface area (Å²) in [4.78, 5) is 0. The Hall–Kier alpha value is -1.60. The summed E-state index contributed by atoms with van der Waals surface area (Å²) >= 11 is 6.01. The SMILES string of the molecule is CCC(C#N)CNc1cc(OC)c(Cl)cc1OC. The summed E-state index contributed by atoms with van der Waals surface area (Å²) in [5.41, 5.74) is 0.771. The van der Waals surface area contributed by atoms with Gasteiger partial charge in [0.1, 0.15) is 11.5 Å². The van der Waals surface area contributed by atoms with Crippen LogP contribution >= 0.6 is 11.6 Å². The third-order valence-electron chi connectivity index (χ3n) is 2.69. The van der Waals surface area contributed by atoms with Crippen molar-refractivity contribution in [1.82, 2.24) is 0 Å². The molecule has 0 radical (unpaired) electrons. The maximum absolute atomic E-state index is 8.91. The Balaban J connectivity index is 2.90. The normalized spacial score (nSPS) is 11.5. The highest BCUT2D eigenvalue weighted by Crippen LogP contribution is 2.35. The van der Waals surface area contributed by atoms with Crippen LogP contribution in [0.4, 0.5) is 5.69 Å². The minimum atomic E-state index is -0.0311. The number of ether oxygens (including phenoxy) is 2. The molecule has 1 rings (SSSR count). The molecule has 0 saturated heterocycles. The van der Waals surface area contributed by atoms with Crippen molar-refractivity contribution in [3.8, 4) is 17.6 Å². The minimum Gasteiger partial charge on any atom is -0.495 e. The van der Waals surface area contributed by atoms with Crippen molar-refractivity contribution in [2.24, 2.45) is 5.92 Å². The van der Waals surface area contributed by atoms with Crippen LogP contribution in [0.15, 0.2) is 12.1 Å². The fourth-order valence-electron chi connectivity index (χ4n) is 1.51. The highest BCUT2D eigenvalue weighted by atomic mass is 35.5. The molecule has 4 nitrogen and oxygen atoms in total. The molecule has 18 heavy (non-hydrogen) atoms. The van der Waals surface area contributed by atoms with Gasteiger partial charge in [-0.15, -0.1) is 0 Å². The van der Waals surface area contributed by atoms with E-state index in [1.54, 1.807) is 26.4 Å². The molecule has 1 N–H and O–H groups in total. The summed E-state index contributed by atoms with van der Waals surface area (Å²) in [6.45, 7) is 2.55. The smallest absolute Gasteiger partial charge is 0.143 e. The van der Waals surface area contributed by atoms with Crippen LogP contribution in [-0.2, 0) is 0 Å². The molecule has 0 aromatic heterocycles. The molecule has 0 aliphatic heterocycles. The summed E-state index contributed by atoms with van der Waals surface area (Å²) in [7, 11) is 3.13. The standard InChI is InChI=1S/C13H17ClN2O2/c1-4-9(7-15)8-16-11-6-12(17-2)10(14)5-13(11)18-3/h5-6,9,16H,4,8H2,1-3H3. The van der Waals surface area contributed by atoms with Crippen LogP contribution < -0.4 is 14.8 Å². The number of anilines is 1. The van der Waals surface area contributed by atoms with Gasteiger partial charge in [0.25, 0.3) is 0 Å². The molecule has 98 valence electrons. The zero-order valence-corrected chi connectivity index (χ0v) is 11.5. The van der Waals surface area contributed by atoms with E-state index in [1.807, 2.05) is 6.92 Å². The molecule has 0 saturated carbocycles. The number of nitrogens with one attached hydrogen (secondary N) is 1. The molecule has 1 unspecified atom stereocenters. The van der Waals surface area contributed by atoms with Gasteiger partial charge in [0, 0.05) is 18.7 Å². The zero-order valence-electron chi connectivity index (χ0n) is 10.8. The Kier molecular flexibility index (Phi) is 5.60. The molecule has 0 amide bonds. The first-order valence-corrected chi connectivity index (χ1v) is 6.09. The molecule has 1 atom stereocenters. The quantitative estimate of drug-likeness (QED) is 0.860. The van der Waals surface area contributed by atoms with Crippen molar-refractivity contribution < 1.29 is 9.47 Å². The number of benzene rings is 1. The second-order valence-electron chi connectivity index (χ2n) is 3.80. The minimum absolute atomic E-state index is 0.0311. The van der Waals surface area contributed by atoms with Gasteiger partial charge in [-0.3, -0.25) is 0 Å². The van der Waals surface area contributed by atoms with Gasteiger partial charge in [0.15, 0.2) is 0 Å². The van der Waals surface area contributed by atoms with Gasteiger partial charge in [0.05, 0.1) is 36.9 Å². The predicted octanol–water partition coefficient (Wildman–Crippen LogP) is 3.32. The lowest BCUT2D eigenvalue weighted by atomic mass is 10.1. The van der Waals surface area contributed by atoms with E-state index in [1.165, 1.54) is 0 Å². The van der Waals surface area contributed by atoms with E-state index in [4.69, 9.17) is 26.3 Å². The Morgan fingerprint density at radius 3 is 2.50 bits per heavy atom. The van der Waals surface area contributed by atoms with Gasteiger partial charge >= 0.3 is 0 Å². The van der Waals surface area contributed by atoms with E-state index in [2.05, 4.69) is 11.4 Å². The molecule has 1 aromatic carbocycles. The van der Waals surface area contributed by atoms with Gasteiger partial charge in [-0.2, -0.15) is 5.26 Å². The van der Waals surface area contributed by atoms with Crippen molar-refractivity contribution in [2.45, 2.75) is 13.3 Å². The summed E-state index contributed by atoms with van der Waals surface area (Å²) in [5.74, 6) is 1.18. The fraction of sp³-hybridized carbons (Fsp3) is 0.462. The van der Waals surface area contributed by atoms with Gasteiger partial charge < -0.3 is 14.8 Å². The van der Waals surface area contributed by atoms with Crippen LogP contribution in [0, 0.1) is 17.2 Å². The van der Waals surface area contributed by atoms with Crippen LogP contribution in [0.25, 0.3) is 0 Å². The molecule has 5 heteroatoms. The van der Waals surface area contributed by atoms with E-state index in [9.17, 15) is 0 Å². The third-order valence-corrected chi connectivity index (χ3v) is 2.98. The summed E-state index contributed by atoms with van der Waals surface area (Å²) in [6.07, 6.45) is 0.802. The number of nitrogens with zero attached hydrogens (tertiary/aromatic N) is 1. The molecule has 0 spiro atoms. The van der Waals surface area contributed by atoms with Crippen molar-refractivity contribution in [3.63, 3.8) is 0 Å². The van der Waals surface area contributed by atoms with Crippen LogP contribution in [0.3, 0.4) is 0 Å². The monoisotopic (exact) mass is 268 g/mol. The molecule has 0 aliphatic carbocycles. The van der Waals surface area contributed by atoms with Crippen LogP contribution in [0.1, 0.15) is 13.3 Å². The molecule has 0 heterocycles. The maximum Gasteiger partial charge on any atom is 0.143 e. The highest BCUT2D eigenvalue weighted by Gasteiger charge is 2.11. The molecule has 0 fully saturated rings. The average molecular weight is 269 g/mol. The predicted molar refractivity (Wildman–Crippen MR) is 72.4 cm³/mol. The number of hydrogen-bond acceptors (Lipinski definition) is 4. The summed E-state index contributed by atoms with van der Waals surface area (Å²) < 4.78 is 10.4. The van der Waals surface area contributed by atoms with Gasteiger partial charge in [-0.25, -0.2) is 0 Å². The van der Waals surface area contributed by atoms with Crippen molar-refractivity contribution in [2.75, 3.05) is 26.1 Å².